The lowest BCUT2D eigenvalue weighted by atomic mass is 10.2. The van der Waals surface area contributed by atoms with Crippen LogP contribution in [0.3, 0.4) is 0 Å². The first kappa shape index (κ1) is 9.86. The molecule has 13 heavy (non-hydrogen) atoms. The topological polar surface area (TPSA) is 35.8 Å². The smallest absolute Gasteiger partial charge is 0.177 e. The van der Waals surface area contributed by atoms with Crippen molar-refractivity contribution in [3.8, 4) is 0 Å². The Hall–Kier alpha value is -1.22. The van der Waals surface area contributed by atoms with Crippen molar-refractivity contribution in [3.63, 3.8) is 0 Å². The van der Waals surface area contributed by atoms with Crippen molar-refractivity contribution < 1.29 is 5.21 Å². The third kappa shape index (κ3) is 2.12. The molecular weight excluding hydrogens is 188 g/mol. The number of hydrogen-bond donors (Lipinski definition) is 1. The summed E-state index contributed by atoms with van der Waals surface area (Å²) < 4.78 is 0. The monoisotopic (exact) mass is 198 g/mol. The van der Waals surface area contributed by atoms with Crippen LogP contribution in [-0.2, 0) is 0 Å². The normalized spacial score (nSPS) is 11.5. The first-order valence-electron chi connectivity index (χ1n) is 3.81. The first-order chi connectivity index (χ1) is 6.16. The van der Waals surface area contributed by atoms with E-state index >= 15 is 0 Å². The Morgan fingerprint density at radius 3 is 2.54 bits per heavy atom. The molecule has 1 aromatic rings. The summed E-state index contributed by atoms with van der Waals surface area (Å²) in [5, 5.41) is 11.6. The van der Waals surface area contributed by atoms with Crippen LogP contribution in [0, 0.1) is 0 Å². The van der Waals surface area contributed by atoms with Crippen LogP contribution in [0.1, 0.15) is 5.56 Å². The fourth-order valence-electron chi connectivity index (χ4n) is 1.09. The number of halogens is 1. The zero-order valence-electron chi connectivity index (χ0n) is 7.53. The molecule has 0 fully saturated rings. The largest absolute Gasteiger partial charge is 0.410 e. The number of anilines is 1. The average molecular weight is 199 g/mol. The van der Waals surface area contributed by atoms with Crippen molar-refractivity contribution in [2.75, 3.05) is 19.0 Å². The Kier molecular flexibility index (Phi) is 3.14. The predicted octanol–water partition coefficient (Wildman–Crippen LogP) is 2.13. The summed E-state index contributed by atoms with van der Waals surface area (Å²) in [5.41, 5.74) is 1.64. The SMILES string of the molecule is CN(C)c1ccccc1C(Cl)=NO. The molecule has 0 atom stereocenters. The molecule has 0 aliphatic heterocycles. The van der Waals surface area contributed by atoms with Crippen LogP contribution in [0.15, 0.2) is 29.4 Å². The van der Waals surface area contributed by atoms with Crippen LogP contribution in [0.25, 0.3) is 0 Å². The fraction of sp³-hybridized carbons (Fsp3) is 0.222. The molecule has 0 unspecified atom stereocenters. The maximum absolute atomic E-state index is 8.53. The van der Waals surface area contributed by atoms with Gasteiger partial charge in [-0.25, -0.2) is 0 Å². The summed E-state index contributed by atoms with van der Waals surface area (Å²) >= 11 is 5.71. The Bertz CT molecular complexity index is 323. The number of rotatable bonds is 2. The van der Waals surface area contributed by atoms with Crippen molar-refractivity contribution in [3.05, 3.63) is 29.8 Å². The van der Waals surface area contributed by atoms with E-state index in [1.807, 2.05) is 37.2 Å². The van der Waals surface area contributed by atoms with E-state index in [0.29, 0.717) is 0 Å². The molecule has 70 valence electrons. The lowest BCUT2D eigenvalue weighted by Gasteiger charge is -2.15. The van der Waals surface area contributed by atoms with Gasteiger partial charge in [0.1, 0.15) is 0 Å². The minimum Gasteiger partial charge on any atom is -0.410 e. The van der Waals surface area contributed by atoms with E-state index in [9.17, 15) is 0 Å². The Labute approximate surface area is 82.2 Å². The highest BCUT2D eigenvalue weighted by Crippen LogP contribution is 2.19. The van der Waals surface area contributed by atoms with Gasteiger partial charge in [-0.1, -0.05) is 28.9 Å². The van der Waals surface area contributed by atoms with Crippen LogP contribution >= 0.6 is 11.6 Å². The summed E-state index contributed by atoms with van der Waals surface area (Å²) in [6, 6.07) is 7.45. The maximum Gasteiger partial charge on any atom is 0.177 e. The number of benzene rings is 1. The number of oxime groups is 1. The highest BCUT2D eigenvalue weighted by molar-refractivity contribution is 6.70. The molecule has 4 heteroatoms. The van der Waals surface area contributed by atoms with Gasteiger partial charge in [-0.3, -0.25) is 0 Å². The second-order valence-corrected chi connectivity index (χ2v) is 3.16. The zero-order chi connectivity index (χ0) is 9.84. The molecule has 0 radical (unpaired) electrons. The third-order valence-corrected chi connectivity index (χ3v) is 1.98. The minimum atomic E-state index is 0.101. The fourth-order valence-corrected chi connectivity index (χ4v) is 1.25. The van der Waals surface area contributed by atoms with Gasteiger partial charge < -0.3 is 10.1 Å². The molecule has 0 aliphatic carbocycles. The summed E-state index contributed by atoms with van der Waals surface area (Å²) in [6.45, 7) is 0. The van der Waals surface area contributed by atoms with Crippen molar-refractivity contribution in [1.82, 2.24) is 0 Å². The predicted molar refractivity (Wildman–Crippen MR) is 54.9 cm³/mol. The van der Waals surface area contributed by atoms with Gasteiger partial charge >= 0.3 is 0 Å². The molecule has 1 N–H and O–H groups in total. The second kappa shape index (κ2) is 4.14. The zero-order valence-corrected chi connectivity index (χ0v) is 8.28. The van der Waals surface area contributed by atoms with Crippen LogP contribution in [0.5, 0.6) is 0 Å². The molecule has 0 aliphatic rings. The van der Waals surface area contributed by atoms with Crippen molar-refractivity contribution in [2.24, 2.45) is 5.16 Å². The van der Waals surface area contributed by atoms with Gasteiger partial charge in [-0.15, -0.1) is 0 Å². The molecule has 0 aromatic heterocycles. The molecule has 0 spiro atoms. The van der Waals surface area contributed by atoms with Gasteiger partial charge in [0.05, 0.1) is 0 Å². The van der Waals surface area contributed by atoms with Crippen LogP contribution in [0.2, 0.25) is 0 Å². The van der Waals surface area contributed by atoms with Crippen molar-refractivity contribution >= 4 is 22.5 Å². The van der Waals surface area contributed by atoms with Crippen molar-refractivity contribution in [2.45, 2.75) is 0 Å². The van der Waals surface area contributed by atoms with Gasteiger partial charge in [-0.2, -0.15) is 0 Å². The second-order valence-electron chi connectivity index (χ2n) is 2.80. The molecule has 0 heterocycles. The molecule has 0 amide bonds. The van der Waals surface area contributed by atoms with Gasteiger partial charge in [0.25, 0.3) is 0 Å². The highest BCUT2D eigenvalue weighted by Gasteiger charge is 2.07. The molecule has 3 nitrogen and oxygen atoms in total. The van der Waals surface area contributed by atoms with E-state index in [4.69, 9.17) is 16.8 Å². The minimum absolute atomic E-state index is 0.101. The third-order valence-electron chi connectivity index (χ3n) is 1.70. The first-order valence-corrected chi connectivity index (χ1v) is 4.19. The molecule has 1 rings (SSSR count). The Morgan fingerprint density at radius 1 is 1.38 bits per heavy atom. The number of nitrogens with zero attached hydrogens (tertiary/aromatic N) is 2. The maximum atomic E-state index is 8.53. The van der Waals surface area contributed by atoms with E-state index in [0.717, 1.165) is 11.3 Å². The average Bonchev–Trinajstić information content (AvgIpc) is 2.16. The molecule has 1 aromatic carbocycles. The Balaban J connectivity index is 3.20. The highest BCUT2D eigenvalue weighted by atomic mass is 35.5. The van der Waals surface area contributed by atoms with Crippen LogP contribution in [0.4, 0.5) is 5.69 Å². The van der Waals surface area contributed by atoms with E-state index in [1.54, 1.807) is 6.07 Å². The summed E-state index contributed by atoms with van der Waals surface area (Å²) in [7, 11) is 3.81. The lowest BCUT2D eigenvalue weighted by molar-refractivity contribution is 0.321. The van der Waals surface area contributed by atoms with Crippen LogP contribution < -0.4 is 4.90 Å². The van der Waals surface area contributed by atoms with E-state index in [1.165, 1.54) is 0 Å². The van der Waals surface area contributed by atoms with Gasteiger partial charge in [0.15, 0.2) is 5.17 Å². The van der Waals surface area contributed by atoms with Crippen LogP contribution in [-0.4, -0.2) is 24.5 Å². The van der Waals surface area contributed by atoms with E-state index < -0.39 is 0 Å². The van der Waals surface area contributed by atoms with Gasteiger partial charge in [0.2, 0.25) is 0 Å². The summed E-state index contributed by atoms with van der Waals surface area (Å²) in [5.74, 6) is 0. The van der Waals surface area contributed by atoms with Gasteiger partial charge in [0, 0.05) is 25.3 Å². The standard InChI is InChI=1S/C9H11ClN2O/c1-12(2)8-6-4-3-5-7(8)9(10)11-13/h3-6,13H,1-2H3. The number of para-hydroxylation sites is 1. The molecule has 0 saturated carbocycles. The summed E-state index contributed by atoms with van der Waals surface area (Å²) in [6.07, 6.45) is 0. The lowest BCUT2D eigenvalue weighted by Crippen LogP contribution is -2.12. The number of hydrogen-bond acceptors (Lipinski definition) is 3. The molecular formula is C9H11ClN2O. The van der Waals surface area contributed by atoms with E-state index in [2.05, 4.69) is 5.16 Å². The van der Waals surface area contributed by atoms with E-state index in [-0.39, 0.29) is 5.17 Å². The quantitative estimate of drug-likeness (QED) is 0.449. The van der Waals surface area contributed by atoms with Crippen molar-refractivity contribution in [1.29, 1.82) is 0 Å². The molecule has 0 saturated heterocycles. The molecule has 0 bridgehead atoms. The van der Waals surface area contributed by atoms with Gasteiger partial charge in [-0.05, 0) is 12.1 Å². The summed E-state index contributed by atoms with van der Waals surface area (Å²) in [4.78, 5) is 1.91. The Morgan fingerprint density at radius 2 is 2.00 bits per heavy atom.